The van der Waals surface area contributed by atoms with Crippen LogP contribution in [0.15, 0.2) is 247 Å². The van der Waals surface area contributed by atoms with Gasteiger partial charge in [-0.05, 0) is 74.8 Å². The third-order valence-electron chi connectivity index (χ3n) is 13.5. The van der Waals surface area contributed by atoms with Gasteiger partial charge < -0.3 is 13.6 Å². The van der Waals surface area contributed by atoms with E-state index < -0.39 is 8.07 Å². The fraction of sp³-hybridized carbons (Fsp3) is 0. The molecule has 13 aromatic rings. The summed E-state index contributed by atoms with van der Waals surface area (Å²) in [7, 11) is -2.82. The van der Waals surface area contributed by atoms with Crippen molar-refractivity contribution in [3.63, 3.8) is 0 Å². The molecule has 0 radical (unpaired) electrons. The molecule has 0 saturated carbocycles. The van der Waals surface area contributed by atoms with Crippen molar-refractivity contribution in [1.82, 2.24) is 9.13 Å². The van der Waals surface area contributed by atoms with E-state index in [9.17, 15) is 0 Å². The number of rotatable bonds is 7. The number of nitrogens with zero attached hydrogens (tertiary/aromatic N) is 2. The van der Waals surface area contributed by atoms with Gasteiger partial charge in [-0.1, -0.05) is 194 Å². The molecule has 0 fully saturated rings. The lowest BCUT2D eigenvalue weighted by Gasteiger charge is -2.34. The maximum absolute atomic E-state index is 6.47. The molecule has 10 aromatic carbocycles. The van der Waals surface area contributed by atoms with Crippen molar-refractivity contribution in [2.75, 3.05) is 0 Å². The highest BCUT2D eigenvalue weighted by atomic mass is 28.3. The summed E-state index contributed by atoms with van der Waals surface area (Å²) in [6, 6.07) is 89.3. The lowest BCUT2D eigenvalue weighted by Crippen LogP contribution is -2.74. The topological polar surface area (TPSA) is 23.0 Å². The number of furan rings is 1. The Bertz CT molecular complexity index is 3800. The summed E-state index contributed by atoms with van der Waals surface area (Å²) < 4.78 is 11.5. The van der Waals surface area contributed by atoms with Gasteiger partial charge in [0.15, 0.2) is 8.07 Å². The molecule has 3 heterocycles. The van der Waals surface area contributed by atoms with E-state index in [-0.39, 0.29) is 0 Å². The summed E-state index contributed by atoms with van der Waals surface area (Å²) in [6.07, 6.45) is 0. The Hall–Kier alpha value is -8.18. The largest absolute Gasteiger partial charge is 0.456 e. The van der Waals surface area contributed by atoms with E-state index in [4.69, 9.17) is 4.42 Å². The number of benzene rings is 10. The molecule has 0 atom stereocenters. The zero-order valence-corrected chi connectivity index (χ0v) is 35.9. The van der Waals surface area contributed by atoms with E-state index in [1.807, 2.05) is 6.07 Å². The molecular formula is C60H40N2OSi. The molecule has 300 valence electrons. The first-order valence-corrected chi connectivity index (χ1v) is 24.0. The standard InChI is InChI=1S/C60H40N2OSi/c1-4-20-43(21-5-1)64(44-22-6-2-7-23-44,45-24-8-3-9-25-45)46-26-16-19-42(40-46)61-54-33-13-10-28-49(54)53-32-18-35-56(60(53)61)62-55-34-14-11-27-48(55)52-31-17-30-47(59(52)62)41-37-38-51-50-29-12-15-36-57(50)63-58(51)39-41/h1-40H. The molecule has 0 amide bonds. The van der Waals surface area contributed by atoms with Gasteiger partial charge in [0.25, 0.3) is 0 Å². The Balaban J connectivity index is 1.11. The van der Waals surface area contributed by atoms with Gasteiger partial charge in [-0.2, -0.15) is 0 Å². The van der Waals surface area contributed by atoms with Crippen molar-refractivity contribution in [1.29, 1.82) is 0 Å². The molecule has 64 heavy (non-hydrogen) atoms. The quantitative estimate of drug-likeness (QED) is 0.116. The first-order chi connectivity index (χ1) is 31.8. The SMILES string of the molecule is c1ccc([Si](c2ccccc2)(c2ccccc2)c2cccc(-n3c4ccccc4c4cccc(-n5c6ccccc6c6cccc(-c7ccc8c(c7)oc7ccccc78)c65)c43)c2)cc1. The second kappa shape index (κ2) is 14.5. The van der Waals surface area contributed by atoms with Crippen LogP contribution in [0.2, 0.25) is 0 Å². The molecule has 3 aromatic heterocycles. The van der Waals surface area contributed by atoms with Crippen LogP contribution in [0.4, 0.5) is 0 Å². The minimum Gasteiger partial charge on any atom is -0.456 e. The zero-order chi connectivity index (χ0) is 42.2. The minimum absolute atomic E-state index is 0.890. The highest BCUT2D eigenvalue weighted by Gasteiger charge is 2.41. The van der Waals surface area contributed by atoms with Gasteiger partial charge in [-0.15, -0.1) is 0 Å². The van der Waals surface area contributed by atoms with Gasteiger partial charge in [0.1, 0.15) is 11.2 Å². The normalized spacial score (nSPS) is 12.1. The highest BCUT2D eigenvalue weighted by molar-refractivity contribution is 7.19. The van der Waals surface area contributed by atoms with Gasteiger partial charge in [-0.3, -0.25) is 0 Å². The summed E-state index contributed by atoms with van der Waals surface area (Å²) in [5.74, 6) is 0. The molecule has 0 aliphatic heterocycles. The third-order valence-corrected chi connectivity index (χ3v) is 18.2. The molecular weight excluding hydrogens is 793 g/mol. The van der Waals surface area contributed by atoms with Crippen LogP contribution in [0, 0.1) is 0 Å². The first-order valence-electron chi connectivity index (χ1n) is 22.0. The molecule has 0 N–H and O–H groups in total. The fourth-order valence-electron chi connectivity index (χ4n) is 10.8. The molecule has 3 nitrogen and oxygen atoms in total. The van der Waals surface area contributed by atoms with E-state index >= 15 is 0 Å². The molecule has 0 unspecified atom stereocenters. The molecule has 4 heteroatoms. The Kier molecular flexibility index (Phi) is 8.23. The van der Waals surface area contributed by atoms with E-state index in [0.717, 1.165) is 55.5 Å². The number of hydrogen-bond acceptors (Lipinski definition) is 1. The maximum atomic E-state index is 6.47. The van der Waals surface area contributed by atoms with E-state index in [2.05, 4.69) is 246 Å². The van der Waals surface area contributed by atoms with Crippen molar-refractivity contribution in [2.45, 2.75) is 0 Å². The van der Waals surface area contributed by atoms with Gasteiger partial charge in [0.2, 0.25) is 0 Å². The summed E-state index contributed by atoms with van der Waals surface area (Å²) in [5, 5.41) is 12.5. The molecule has 0 aliphatic carbocycles. The fourth-order valence-corrected chi connectivity index (χ4v) is 15.6. The zero-order valence-electron chi connectivity index (χ0n) is 34.9. The van der Waals surface area contributed by atoms with Crippen LogP contribution in [0.5, 0.6) is 0 Å². The van der Waals surface area contributed by atoms with Crippen LogP contribution in [0.1, 0.15) is 0 Å². The van der Waals surface area contributed by atoms with Crippen LogP contribution in [0.3, 0.4) is 0 Å². The molecule has 13 rings (SSSR count). The Labute approximate surface area is 371 Å². The van der Waals surface area contributed by atoms with Gasteiger partial charge >= 0.3 is 0 Å². The lowest BCUT2D eigenvalue weighted by atomic mass is 10.0. The van der Waals surface area contributed by atoms with Crippen molar-refractivity contribution >= 4 is 94.4 Å². The first kappa shape index (κ1) is 36.5. The Morgan fingerprint density at radius 1 is 0.312 bits per heavy atom. The van der Waals surface area contributed by atoms with Crippen molar-refractivity contribution in [2.24, 2.45) is 0 Å². The van der Waals surface area contributed by atoms with Crippen molar-refractivity contribution in [3.05, 3.63) is 243 Å². The minimum atomic E-state index is -2.82. The Morgan fingerprint density at radius 2 is 0.812 bits per heavy atom. The number of aromatic nitrogens is 2. The average Bonchev–Trinajstić information content (AvgIpc) is 4.03. The third kappa shape index (κ3) is 5.33. The number of fused-ring (bicyclic) bond motifs is 9. The van der Waals surface area contributed by atoms with Crippen LogP contribution in [-0.2, 0) is 0 Å². The number of hydrogen-bond donors (Lipinski definition) is 0. The highest BCUT2D eigenvalue weighted by Crippen LogP contribution is 2.43. The van der Waals surface area contributed by atoms with Crippen LogP contribution in [-0.4, -0.2) is 17.2 Å². The molecule has 0 saturated heterocycles. The summed E-state index contributed by atoms with van der Waals surface area (Å²) in [6.45, 7) is 0. The Morgan fingerprint density at radius 3 is 1.48 bits per heavy atom. The predicted octanol–water partition coefficient (Wildman–Crippen LogP) is 12.8. The van der Waals surface area contributed by atoms with E-state index in [0.29, 0.717) is 0 Å². The molecule has 0 aliphatic rings. The van der Waals surface area contributed by atoms with E-state index in [1.165, 1.54) is 53.3 Å². The second-order valence-corrected chi connectivity index (χ2v) is 20.6. The predicted molar refractivity (Wildman–Crippen MR) is 271 cm³/mol. The number of para-hydroxylation sites is 5. The summed E-state index contributed by atoms with van der Waals surface area (Å²) in [4.78, 5) is 0. The van der Waals surface area contributed by atoms with Crippen LogP contribution < -0.4 is 20.7 Å². The van der Waals surface area contributed by atoms with Crippen molar-refractivity contribution < 1.29 is 4.42 Å². The summed E-state index contributed by atoms with van der Waals surface area (Å²) >= 11 is 0. The van der Waals surface area contributed by atoms with Gasteiger partial charge in [-0.25, -0.2) is 0 Å². The monoisotopic (exact) mass is 832 g/mol. The summed E-state index contributed by atoms with van der Waals surface area (Å²) in [5.41, 5.74) is 11.0. The van der Waals surface area contributed by atoms with Crippen LogP contribution in [0.25, 0.3) is 88.1 Å². The van der Waals surface area contributed by atoms with Crippen LogP contribution >= 0.6 is 0 Å². The average molecular weight is 833 g/mol. The maximum Gasteiger partial charge on any atom is 0.179 e. The lowest BCUT2D eigenvalue weighted by molar-refractivity contribution is 0.669. The van der Waals surface area contributed by atoms with Gasteiger partial charge in [0.05, 0.1) is 27.8 Å². The second-order valence-electron chi connectivity index (χ2n) is 16.8. The smallest absolute Gasteiger partial charge is 0.179 e. The van der Waals surface area contributed by atoms with Crippen molar-refractivity contribution in [3.8, 4) is 22.5 Å². The molecule has 0 spiro atoms. The van der Waals surface area contributed by atoms with Gasteiger partial charge in [0, 0.05) is 43.6 Å². The molecule has 0 bridgehead atoms. The van der Waals surface area contributed by atoms with E-state index in [1.54, 1.807) is 0 Å².